The summed E-state index contributed by atoms with van der Waals surface area (Å²) < 4.78 is 0. The molecular formula is C13H17ClN2O. The van der Waals surface area contributed by atoms with Gasteiger partial charge in [0.15, 0.2) is 0 Å². The predicted molar refractivity (Wildman–Crippen MR) is 68.1 cm³/mol. The van der Waals surface area contributed by atoms with E-state index < -0.39 is 0 Å². The van der Waals surface area contributed by atoms with Crippen molar-refractivity contribution in [2.24, 2.45) is 5.92 Å². The van der Waals surface area contributed by atoms with Crippen molar-refractivity contribution in [3.8, 4) is 0 Å². The SMILES string of the molecule is CC(C)N(CC1CC1)C(=O)c1ccncc1Cl. The first-order chi connectivity index (χ1) is 8.09. The average Bonchev–Trinajstić information content (AvgIpc) is 3.09. The molecule has 2 rings (SSSR count). The standard InChI is InChI=1S/C13H17ClN2O/c1-9(2)16(8-10-3-4-10)13(17)11-5-6-15-7-12(11)14/h5-7,9-10H,3-4,8H2,1-2H3. The van der Waals surface area contributed by atoms with Crippen LogP contribution in [0.2, 0.25) is 5.02 Å². The molecule has 1 aliphatic carbocycles. The van der Waals surface area contributed by atoms with Gasteiger partial charge in [-0.05, 0) is 38.7 Å². The summed E-state index contributed by atoms with van der Waals surface area (Å²) in [5.41, 5.74) is 0.552. The third-order valence-corrected chi connectivity index (χ3v) is 3.34. The van der Waals surface area contributed by atoms with Crippen molar-refractivity contribution in [3.05, 3.63) is 29.0 Å². The summed E-state index contributed by atoms with van der Waals surface area (Å²) in [7, 11) is 0. The lowest BCUT2D eigenvalue weighted by atomic mass is 10.2. The second-order valence-electron chi connectivity index (χ2n) is 4.85. The molecule has 3 nitrogen and oxygen atoms in total. The topological polar surface area (TPSA) is 33.2 Å². The minimum Gasteiger partial charge on any atom is -0.336 e. The summed E-state index contributed by atoms with van der Waals surface area (Å²) in [6.45, 7) is 4.92. The van der Waals surface area contributed by atoms with Crippen LogP contribution in [-0.4, -0.2) is 28.4 Å². The fraction of sp³-hybridized carbons (Fsp3) is 0.538. The number of carbonyl (C=O) groups is 1. The van der Waals surface area contributed by atoms with Gasteiger partial charge in [-0.2, -0.15) is 0 Å². The molecule has 4 heteroatoms. The van der Waals surface area contributed by atoms with Crippen LogP contribution >= 0.6 is 11.6 Å². The van der Waals surface area contributed by atoms with Crippen LogP contribution in [0.1, 0.15) is 37.0 Å². The Morgan fingerprint density at radius 1 is 1.59 bits per heavy atom. The van der Waals surface area contributed by atoms with Crippen molar-refractivity contribution in [2.45, 2.75) is 32.7 Å². The van der Waals surface area contributed by atoms with Crippen molar-refractivity contribution < 1.29 is 4.79 Å². The van der Waals surface area contributed by atoms with Crippen LogP contribution in [0, 0.1) is 5.92 Å². The molecule has 0 bridgehead atoms. The van der Waals surface area contributed by atoms with E-state index in [4.69, 9.17) is 11.6 Å². The third kappa shape index (κ3) is 2.97. The normalized spacial score (nSPS) is 15.1. The van der Waals surface area contributed by atoms with Crippen molar-refractivity contribution in [1.29, 1.82) is 0 Å². The molecule has 1 aromatic rings. The van der Waals surface area contributed by atoms with Crippen LogP contribution in [0.4, 0.5) is 0 Å². The fourth-order valence-electron chi connectivity index (χ4n) is 1.81. The zero-order chi connectivity index (χ0) is 12.4. The van der Waals surface area contributed by atoms with Gasteiger partial charge in [-0.1, -0.05) is 11.6 Å². The van der Waals surface area contributed by atoms with Gasteiger partial charge in [-0.25, -0.2) is 0 Å². The van der Waals surface area contributed by atoms with E-state index in [-0.39, 0.29) is 11.9 Å². The molecule has 1 saturated carbocycles. The molecule has 0 radical (unpaired) electrons. The molecule has 1 amide bonds. The van der Waals surface area contributed by atoms with Gasteiger partial charge in [0.2, 0.25) is 0 Å². The molecule has 0 unspecified atom stereocenters. The van der Waals surface area contributed by atoms with Crippen LogP contribution in [0.25, 0.3) is 0 Å². The Morgan fingerprint density at radius 3 is 2.82 bits per heavy atom. The highest BCUT2D eigenvalue weighted by Crippen LogP contribution is 2.31. The first-order valence-corrected chi connectivity index (χ1v) is 6.38. The summed E-state index contributed by atoms with van der Waals surface area (Å²) in [5.74, 6) is 0.696. The number of carbonyl (C=O) groups excluding carboxylic acids is 1. The Hall–Kier alpha value is -1.09. The van der Waals surface area contributed by atoms with Gasteiger partial charge in [0, 0.05) is 25.0 Å². The Balaban J connectivity index is 2.18. The van der Waals surface area contributed by atoms with E-state index in [0.717, 1.165) is 6.54 Å². The molecule has 0 saturated heterocycles. The van der Waals surface area contributed by atoms with Gasteiger partial charge in [0.1, 0.15) is 0 Å². The van der Waals surface area contributed by atoms with E-state index in [1.54, 1.807) is 12.3 Å². The van der Waals surface area contributed by atoms with E-state index in [0.29, 0.717) is 16.5 Å². The highest BCUT2D eigenvalue weighted by Gasteiger charge is 2.29. The maximum atomic E-state index is 12.4. The maximum absolute atomic E-state index is 12.4. The van der Waals surface area contributed by atoms with Crippen molar-refractivity contribution in [3.63, 3.8) is 0 Å². The summed E-state index contributed by atoms with van der Waals surface area (Å²) in [4.78, 5) is 18.2. The van der Waals surface area contributed by atoms with Crippen LogP contribution in [0.5, 0.6) is 0 Å². The minimum absolute atomic E-state index is 0.0132. The molecule has 0 atom stereocenters. The first-order valence-electron chi connectivity index (χ1n) is 6.00. The maximum Gasteiger partial charge on any atom is 0.255 e. The molecule has 0 aliphatic heterocycles. The molecule has 0 N–H and O–H groups in total. The van der Waals surface area contributed by atoms with Gasteiger partial charge in [0.25, 0.3) is 5.91 Å². The molecule has 1 aromatic heterocycles. The summed E-state index contributed by atoms with van der Waals surface area (Å²) >= 11 is 6.01. The molecule has 1 fully saturated rings. The Kier molecular flexibility index (Phi) is 3.67. The molecular weight excluding hydrogens is 236 g/mol. The monoisotopic (exact) mass is 252 g/mol. The number of halogens is 1. The molecule has 0 aromatic carbocycles. The smallest absolute Gasteiger partial charge is 0.255 e. The van der Waals surface area contributed by atoms with Crippen molar-refractivity contribution >= 4 is 17.5 Å². The van der Waals surface area contributed by atoms with E-state index >= 15 is 0 Å². The zero-order valence-corrected chi connectivity index (χ0v) is 10.9. The number of rotatable bonds is 4. The van der Waals surface area contributed by atoms with Crippen molar-refractivity contribution in [2.75, 3.05) is 6.54 Å². The van der Waals surface area contributed by atoms with E-state index in [1.165, 1.54) is 19.0 Å². The largest absolute Gasteiger partial charge is 0.336 e. The van der Waals surface area contributed by atoms with Gasteiger partial charge in [-0.15, -0.1) is 0 Å². The third-order valence-electron chi connectivity index (χ3n) is 3.04. The number of amides is 1. The number of nitrogens with zero attached hydrogens (tertiary/aromatic N) is 2. The fourth-order valence-corrected chi connectivity index (χ4v) is 2.01. The van der Waals surface area contributed by atoms with Gasteiger partial charge in [-0.3, -0.25) is 9.78 Å². The Labute approximate surface area is 107 Å². The second kappa shape index (κ2) is 5.05. The van der Waals surface area contributed by atoms with Gasteiger partial charge in [0.05, 0.1) is 10.6 Å². The highest BCUT2D eigenvalue weighted by atomic mass is 35.5. The summed E-state index contributed by atoms with van der Waals surface area (Å²) in [5, 5.41) is 0.430. The van der Waals surface area contributed by atoms with Crippen LogP contribution in [0.3, 0.4) is 0 Å². The summed E-state index contributed by atoms with van der Waals surface area (Å²) in [6.07, 6.45) is 5.60. The molecule has 0 spiro atoms. The van der Waals surface area contributed by atoms with E-state index in [9.17, 15) is 4.79 Å². The lowest BCUT2D eigenvalue weighted by Crippen LogP contribution is -2.38. The average molecular weight is 253 g/mol. The van der Waals surface area contributed by atoms with Crippen molar-refractivity contribution in [1.82, 2.24) is 9.88 Å². The Bertz CT molecular complexity index is 416. The number of pyridine rings is 1. The van der Waals surface area contributed by atoms with Gasteiger partial charge < -0.3 is 4.90 Å². The minimum atomic E-state index is 0.0132. The number of hydrogen-bond acceptors (Lipinski definition) is 2. The van der Waals surface area contributed by atoms with Crippen LogP contribution in [-0.2, 0) is 0 Å². The van der Waals surface area contributed by atoms with E-state index in [2.05, 4.69) is 4.98 Å². The molecule has 17 heavy (non-hydrogen) atoms. The van der Waals surface area contributed by atoms with E-state index in [1.807, 2.05) is 18.7 Å². The Morgan fingerprint density at radius 2 is 2.29 bits per heavy atom. The quantitative estimate of drug-likeness (QED) is 0.825. The molecule has 1 aliphatic rings. The summed E-state index contributed by atoms with van der Waals surface area (Å²) in [6, 6.07) is 1.89. The predicted octanol–water partition coefficient (Wildman–Crippen LogP) is 3.00. The van der Waals surface area contributed by atoms with Gasteiger partial charge >= 0.3 is 0 Å². The number of hydrogen-bond donors (Lipinski definition) is 0. The van der Waals surface area contributed by atoms with Crippen LogP contribution in [0.15, 0.2) is 18.5 Å². The molecule has 1 heterocycles. The number of aromatic nitrogens is 1. The molecule has 92 valence electrons. The van der Waals surface area contributed by atoms with Crippen LogP contribution < -0.4 is 0 Å². The highest BCUT2D eigenvalue weighted by molar-refractivity contribution is 6.33. The zero-order valence-electron chi connectivity index (χ0n) is 10.2. The lowest BCUT2D eigenvalue weighted by Gasteiger charge is -2.27. The lowest BCUT2D eigenvalue weighted by molar-refractivity contribution is 0.0696. The first kappa shape index (κ1) is 12.4. The second-order valence-corrected chi connectivity index (χ2v) is 5.26.